The van der Waals surface area contributed by atoms with Crippen LogP contribution in [0.15, 0.2) is 47.6 Å². The number of rotatable bonds is 6. The molecule has 1 aliphatic heterocycles. The Morgan fingerprint density at radius 2 is 2.14 bits per heavy atom. The van der Waals surface area contributed by atoms with Crippen molar-refractivity contribution in [2.75, 3.05) is 20.1 Å². The lowest BCUT2D eigenvalue weighted by atomic mass is 10.1. The lowest BCUT2D eigenvalue weighted by Gasteiger charge is -2.22. The van der Waals surface area contributed by atoms with E-state index in [1.165, 1.54) is 12.1 Å². The lowest BCUT2D eigenvalue weighted by molar-refractivity contribution is 0.265. The molecule has 29 heavy (non-hydrogen) atoms. The third kappa shape index (κ3) is 5.67. The Balaban J connectivity index is 1.61. The van der Waals surface area contributed by atoms with Crippen LogP contribution in [0.1, 0.15) is 26.3 Å². The van der Waals surface area contributed by atoms with E-state index >= 15 is 0 Å². The Hall–Kier alpha value is -2.67. The fourth-order valence-corrected chi connectivity index (χ4v) is 3.46. The normalized spacial score (nSPS) is 20.1. The smallest absolute Gasteiger partial charge is 0.224 e. The van der Waals surface area contributed by atoms with E-state index in [-0.39, 0.29) is 5.82 Å². The molecule has 0 aliphatic carbocycles. The van der Waals surface area contributed by atoms with E-state index in [1.807, 2.05) is 12.1 Å². The van der Waals surface area contributed by atoms with Gasteiger partial charge >= 0.3 is 0 Å². The molecule has 0 saturated carbocycles. The summed E-state index contributed by atoms with van der Waals surface area (Å²) >= 11 is 0. The van der Waals surface area contributed by atoms with E-state index in [9.17, 15) is 4.39 Å². The zero-order chi connectivity index (χ0) is 20.8. The van der Waals surface area contributed by atoms with Crippen molar-refractivity contribution in [3.8, 4) is 11.6 Å². The molecule has 0 spiro atoms. The van der Waals surface area contributed by atoms with Crippen molar-refractivity contribution in [1.29, 1.82) is 0 Å². The van der Waals surface area contributed by atoms with Gasteiger partial charge in [0.05, 0.1) is 0 Å². The van der Waals surface area contributed by atoms with E-state index in [0.29, 0.717) is 36.2 Å². The van der Waals surface area contributed by atoms with Crippen molar-refractivity contribution >= 4 is 5.96 Å². The number of nitrogens with one attached hydrogen (secondary N) is 2. The summed E-state index contributed by atoms with van der Waals surface area (Å²) in [7, 11) is 1.77. The second kappa shape index (κ2) is 9.69. The van der Waals surface area contributed by atoms with Gasteiger partial charge in [0.1, 0.15) is 11.6 Å². The molecule has 2 atom stereocenters. The first-order valence-corrected chi connectivity index (χ1v) is 10.0. The highest BCUT2D eigenvalue weighted by molar-refractivity contribution is 5.80. The molecular formula is C22H30FN5O. The fourth-order valence-electron chi connectivity index (χ4n) is 3.46. The molecule has 156 valence electrons. The second-order valence-corrected chi connectivity index (χ2v) is 7.73. The minimum atomic E-state index is -0.344. The van der Waals surface area contributed by atoms with E-state index in [4.69, 9.17) is 4.74 Å². The largest absolute Gasteiger partial charge is 0.439 e. The number of halogens is 1. The highest BCUT2D eigenvalue weighted by Crippen LogP contribution is 2.23. The summed E-state index contributed by atoms with van der Waals surface area (Å²) in [4.78, 5) is 11.1. The molecule has 2 unspecified atom stereocenters. The van der Waals surface area contributed by atoms with Crippen LogP contribution in [0.3, 0.4) is 0 Å². The Morgan fingerprint density at radius 1 is 1.31 bits per heavy atom. The number of nitrogens with zero attached hydrogens (tertiary/aromatic N) is 3. The van der Waals surface area contributed by atoms with Crippen LogP contribution in [-0.4, -0.2) is 48.1 Å². The van der Waals surface area contributed by atoms with Crippen molar-refractivity contribution in [1.82, 2.24) is 20.5 Å². The SMILES string of the molecule is CN=C(NCc1cccnc1Oc1cccc(F)c1)NC1CN(C(C)C)CC1C. The van der Waals surface area contributed by atoms with Crippen LogP contribution in [-0.2, 0) is 6.54 Å². The standard InChI is InChI=1S/C22H30FN5O/c1-15(2)28-13-16(3)20(14-28)27-22(24-4)26-12-17-7-6-10-25-21(17)29-19-9-5-8-18(23)11-19/h5-11,15-16,20H,12-14H2,1-4H3,(H2,24,26,27). The van der Waals surface area contributed by atoms with Gasteiger partial charge in [-0.2, -0.15) is 0 Å². The second-order valence-electron chi connectivity index (χ2n) is 7.73. The zero-order valence-corrected chi connectivity index (χ0v) is 17.5. The summed E-state index contributed by atoms with van der Waals surface area (Å²) in [6.45, 7) is 9.29. The summed E-state index contributed by atoms with van der Waals surface area (Å²) in [6, 6.07) is 10.7. The number of guanidine groups is 1. The molecule has 3 rings (SSSR count). The topological polar surface area (TPSA) is 61.8 Å². The van der Waals surface area contributed by atoms with E-state index in [2.05, 4.69) is 46.3 Å². The molecule has 1 fully saturated rings. The number of likely N-dealkylation sites (tertiary alicyclic amines) is 1. The predicted octanol–water partition coefficient (Wildman–Crippen LogP) is 3.41. The maximum Gasteiger partial charge on any atom is 0.224 e. The van der Waals surface area contributed by atoms with Gasteiger partial charge < -0.3 is 15.4 Å². The molecule has 2 N–H and O–H groups in total. The quantitative estimate of drug-likeness (QED) is 0.576. The number of hydrogen-bond acceptors (Lipinski definition) is 4. The van der Waals surface area contributed by atoms with Crippen molar-refractivity contribution < 1.29 is 9.13 Å². The summed E-state index contributed by atoms with van der Waals surface area (Å²) in [6.07, 6.45) is 1.66. The summed E-state index contributed by atoms with van der Waals surface area (Å²) in [5, 5.41) is 6.87. The van der Waals surface area contributed by atoms with E-state index in [0.717, 1.165) is 24.6 Å². The van der Waals surface area contributed by atoms with Gasteiger partial charge in [0.25, 0.3) is 0 Å². The van der Waals surface area contributed by atoms with E-state index in [1.54, 1.807) is 25.4 Å². The van der Waals surface area contributed by atoms with Gasteiger partial charge in [0.2, 0.25) is 5.88 Å². The van der Waals surface area contributed by atoms with Crippen LogP contribution in [0.5, 0.6) is 11.6 Å². The first kappa shape index (κ1) is 21.0. The van der Waals surface area contributed by atoms with Crippen LogP contribution in [0.2, 0.25) is 0 Å². The fraction of sp³-hybridized carbons (Fsp3) is 0.455. The molecule has 1 aromatic carbocycles. The van der Waals surface area contributed by atoms with Crippen molar-refractivity contribution in [3.63, 3.8) is 0 Å². The Morgan fingerprint density at radius 3 is 2.83 bits per heavy atom. The molecular weight excluding hydrogens is 369 g/mol. The summed E-state index contributed by atoms with van der Waals surface area (Å²) in [5.41, 5.74) is 0.864. The number of benzene rings is 1. The zero-order valence-electron chi connectivity index (χ0n) is 17.5. The lowest BCUT2D eigenvalue weighted by Crippen LogP contribution is -2.46. The molecule has 6 nitrogen and oxygen atoms in total. The number of ether oxygens (including phenoxy) is 1. The average molecular weight is 400 g/mol. The van der Waals surface area contributed by atoms with Crippen molar-refractivity contribution in [3.05, 3.63) is 54.0 Å². The number of aliphatic imine (C=N–C) groups is 1. The summed E-state index contributed by atoms with van der Waals surface area (Å²) in [5.74, 6) is 1.81. The number of hydrogen-bond donors (Lipinski definition) is 2. The van der Waals surface area contributed by atoms with Crippen molar-refractivity contribution in [2.45, 2.75) is 39.4 Å². The minimum absolute atomic E-state index is 0.344. The van der Waals surface area contributed by atoms with Crippen LogP contribution in [0.25, 0.3) is 0 Å². The van der Waals surface area contributed by atoms with Crippen LogP contribution < -0.4 is 15.4 Å². The van der Waals surface area contributed by atoms with Crippen LogP contribution in [0, 0.1) is 11.7 Å². The Kier molecular flexibility index (Phi) is 7.04. The van der Waals surface area contributed by atoms with Gasteiger partial charge in [-0.15, -0.1) is 0 Å². The molecule has 0 radical (unpaired) electrons. The van der Waals surface area contributed by atoms with Gasteiger partial charge in [-0.1, -0.05) is 19.1 Å². The molecule has 1 aromatic heterocycles. The van der Waals surface area contributed by atoms with Gasteiger partial charge in [-0.05, 0) is 38.0 Å². The van der Waals surface area contributed by atoms with Gasteiger partial charge in [0, 0.05) is 56.6 Å². The highest BCUT2D eigenvalue weighted by atomic mass is 19.1. The first-order valence-electron chi connectivity index (χ1n) is 10.0. The van der Waals surface area contributed by atoms with E-state index < -0.39 is 0 Å². The monoisotopic (exact) mass is 399 g/mol. The first-order chi connectivity index (χ1) is 14.0. The van der Waals surface area contributed by atoms with Crippen LogP contribution >= 0.6 is 0 Å². The molecule has 0 amide bonds. The van der Waals surface area contributed by atoms with Gasteiger partial charge in [-0.25, -0.2) is 9.37 Å². The van der Waals surface area contributed by atoms with Crippen molar-refractivity contribution in [2.24, 2.45) is 10.9 Å². The van der Waals surface area contributed by atoms with Gasteiger partial charge in [0.15, 0.2) is 5.96 Å². The highest BCUT2D eigenvalue weighted by Gasteiger charge is 2.31. The molecule has 2 heterocycles. The number of pyridine rings is 1. The Bertz CT molecular complexity index is 841. The van der Waals surface area contributed by atoms with Crippen LogP contribution in [0.4, 0.5) is 4.39 Å². The maximum absolute atomic E-state index is 13.4. The number of aromatic nitrogens is 1. The summed E-state index contributed by atoms with van der Waals surface area (Å²) < 4.78 is 19.2. The Labute approximate surface area is 172 Å². The molecule has 1 saturated heterocycles. The molecule has 7 heteroatoms. The van der Waals surface area contributed by atoms with Gasteiger partial charge in [-0.3, -0.25) is 9.89 Å². The third-order valence-electron chi connectivity index (χ3n) is 5.22. The molecule has 1 aliphatic rings. The molecule has 2 aromatic rings. The molecule has 0 bridgehead atoms. The average Bonchev–Trinajstić information content (AvgIpc) is 3.07. The maximum atomic E-state index is 13.4. The third-order valence-corrected chi connectivity index (χ3v) is 5.22. The minimum Gasteiger partial charge on any atom is -0.439 e. The predicted molar refractivity (Wildman–Crippen MR) is 114 cm³/mol.